The van der Waals surface area contributed by atoms with E-state index in [0.717, 1.165) is 12.0 Å². The topological polar surface area (TPSA) is 82.5 Å². The molecule has 0 aliphatic rings. The number of hydrogen-bond acceptors (Lipinski definition) is 6. The third-order valence-corrected chi connectivity index (χ3v) is 5.84. The van der Waals surface area contributed by atoms with E-state index >= 15 is 0 Å². The number of fused-ring (bicyclic) bond motifs is 1. The van der Waals surface area contributed by atoms with Gasteiger partial charge in [0.05, 0.1) is 10.0 Å². The summed E-state index contributed by atoms with van der Waals surface area (Å²) in [4.78, 5) is 20.9. The summed E-state index contributed by atoms with van der Waals surface area (Å²) in [5.41, 5.74) is 2.06. The van der Waals surface area contributed by atoms with E-state index in [1.54, 1.807) is 27.0 Å². The maximum Gasteiger partial charge on any atom is 0.306 e. The lowest BCUT2D eigenvalue weighted by Gasteiger charge is -2.19. The molecular weight excluding hydrogens is 506 g/mol. The lowest BCUT2D eigenvalue weighted by Crippen LogP contribution is -2.24. The third-order valence-electron chi connectivity index (χ3n) is 5.25. The summed E-state index contributed by atoms with van der Waals surface area (Å²) < 4.78 is 27.3. The fraction of sp³-hybridized carbons (Fsp3) is 0.385. The maximum atomic E-state index is 14.8. The second-order valence-corrected chi connectivity index (χ2v) is 10.9. The number of aromatic nitrogens is 4. The Morgan fingerprint density at radius 1 is 1.14 bits per heavy atom. The summed E-state index contributed by atoms with van der Waals surface area (Å²) in [5, 5.41) is 4.72. The molecule has 36 heavy (non-hydrogen) atoms. The lowest BCUT2D eigenvalue weighted by molar-refractivity contribution is -0.154. The van der Waals surface area contributed by atoms with Crippen LogP contribution in [0.1, 0.15) is 52.2 Å². The number of carbonyl (C=O) groups is 1. The third kappa shape index (κ3) is 6.05. The summed E-state index contributed by atoms with van der Waals surface area (Å²) in [6, 6.07) is 4.60. The van der Waals surface area contributed by atoms with E-state index in [1.165, 1.54) is 12.1 Å². The van der Waals surface area contributed by atoms with Crippen LogP contribution in [0.4, 0.5) is 4.39 Å². The summed E-state index contributed by atoms with van der Waals surface area (Å²) in [6.45, 7) is 9.61. The van der Waals surface area contributed by atoms with Crippen LogP contribution < -0.4 is 0 Å². The van der Waals surface area contributed by atoms with E-state index in [0.29, 0.717) is 27.8 Å². The first-order valence-electron chi connectivity index (χ1n) is 11.6. The van der Waals surface area contributed by atoms with Crippen molar-refractivity contribution in [3.63, 3.8) is 0 Å². The normalized spacial score (nSPS) is 12.0. The van der Waals surface area contributed by atoms with E-state index < -0.39 is 17.4 Å². The van der Waals surface area contributed by atoms with Crippen LogP contribution in [0.15, 0.2) is 35.1 Å². The second kappa shape index (κ2) is 10.2. The molecule has 1 aromatic carbocycles. The Hall–Kier alpha value is -2.97. The van der Waals surface area contributed by atoms with Crippen molar-refractivity contribution >= 4 is 34.8 Å². The number of esters is 1. The number of pyridine rings is 1. The predicted octanol–water partition coefficient (Wildman–Crippen LogP) is 6.97. The zero-order valence-electron chi connectivity index (χ0n) is 20.7. The zero-order chi connectivity index (χ0) is 26.2. The first kappa shape index (κ1) is 26.1. The number of benzene rings is 1. The van der Waals surface area contributed by atoms with Gasteiger partial charge in [-0.25, -0.2) is 9.37 Å². The maximum absolute atomic E-state index is 14.8. The van der Waals surface area contributed by atoms with Crippen molar-refractivity contribution in [3.8, 4) is 23.0 Å². The molecule has 0 amide bonds. The van der Waals surface area contributed by atoms with Crippen LogP contribution in [0.5, 0.6) is 0 Å². The van der Waals surface area contributed by atoms with Crippen LogP contribution in [-0.4, -0.2) is 31.1 Å². The monoisotopic (exact) mass is 532 g/mol. The molecule has 0 bridgehead atoms. The molecule has 0 saturated carbocycles. The highest BCUT2D eigenvalue weighted by atomic mass is 35.5. The lowest BCUT2D eigenvalue weighted by atomic mass is 10.1. The Labute approximate surface area is 218 Å². The largest absolute Gasteiger partial charge is 0.460 e. The molecule has 0 aliphatic heterocycles. The molecule has 0 spiro atoms. The molecule has 4 rings (SSSR count). The fourth-order valence-electron chi connectivity index (χ4n) is 3.82. The van der Waals surface area contributed by atoms with Gasteiger partial charge >= 0.3 is 5.97 Å². The highest BCUT2D eigenvalue weighted by Crippen LogP contribution is 2.31. The van der Waals surface area contributed by atoms with Gasteiger partial charge in [0.1, 0.15) is 17.1 Å². The van der Waals surface area contributed by atoms with E-state index in [1.807, 2.05) is 16.7 Å². The Morgan fingerprint density at radius 3 is 2.58 bits per heavy atom. The van der Waals surface area contributed by atoms with Crippen molar-refractivity contribution in [2.75, 3.05) is 0 Å². The number of rotatable bonds is 7. The Kier molecular flexibility index (Phi) is 7.38. The molecule has 0 unspecified atom stereocenters. The van der Waals surface area contributed by atoms with Gasteiger partial charge in [0, 0.05) is 24.4 Å². The molecule has 3 heterocycles. The number of aryl methyl sites for hydroxylation is 1. The molecule has 4 aromatic rings. The SMILES string of the molecule is CC(C)Cc1cc(Cl)c2nc(-c3nc(-c4cc(F)c(CCC(=O)OC(C)(C)C)cc4Cl)no3)cn2c1. The second-order valence-electron chi connectivity index (χ2n) is 10.1. The number of ether oxygens (including phenoxy) is 1. The standard InChI is InChI=1S/C26H27Cl2FN4O3/c1-14(2)8-15-9-19(28)24-30-21(13-33(24)12-15)25-31-23(32-36-25)17-11-20(29)16(10-18(17)27)6-7-22(34)35-26(3,4)5/h9-14H,6-8H2,1-5H3. The molecule has 0 N–H and O–H groups in total. The molecule has 0 atom stereocenters. The number of hydrogen-bond donors (Lipinski definition) is 0. The van der Waals surface area contributed by atoms with Crippen LogP contribution in [0.25, 0.3) is 28.6 Å². The predicted molar refractivity (Wildman–Crippen MR) is 137 cm³/mol. The first-order chi connectivity index (χ1) is 16.9. The van der Waals surface area contributed by atoms with Crippen LogP contribution in [0.3, 0.4) is 0 Å². The zero-order valence-corrected chi connectivity index (χ0v) is 22.2. The average Bonchev–Trinajstić information content (AvgIpc) is 3.40. The van der Waals surface area contributed by atoms with Gasteiger partial charge in [0.15, 0.2) is 5.65 Å². The molecule has 190 valence electrons. The number of halogens is 3. The molecule has 3 aromatic heterocycles. The minimum Gasteiger partial charge on any atom is -0.460 e. The summed E-state index contributed by atoms with van der Waals surface area (Å²) in [5.74, 6) is -0.180. The summed E-state index contributed by atoms with van der Waals surface area (Å²) in [6.07, 6.45) is 4.79. The number of nitrogens with zero attached hydrogens (tertiary/aromatic N) is 4. The molecule has 7 nitrogen and oxygen atoms in total. The van der Waals surface area contributed by atoms with Gasteiger partial charge < -0.3 is 13.7 Å². The Balaban J connectivity index is 1.56. The van der Waals surface area contributed by atoms with Crippen LogP contribution in [0.2, 0.25) is 10.0 Å². The number of imidazole rings is 1. The quantitative estimate of drug-likeness (QED) is 0.239. The minimum atomic E-state index is -0.601. The Bertz CT molecular complexity index is 1420. The van der Waals surface area contributed by atoms with Crippen molar-refractivity contribution < 1.29 is 18.4 Å². The van der Waals surface area contributed by atoms with Crippen molar-refractivity contribution in [1.29, 1.82) is 0 Å². The van der Waals surface area contributed by atoms with Gasteiger partial charge in [0.2, 0.25) is 5.82 Å². The van der Waals surface area contributed by atoms with Gasteiger partial charge in [-0.05, 0) is 68.9 Å². The van der Waals surface area contributed by atoms with E-state index in [-0.39, 0.29) is 35.1 Å². The van der Waals surface area contributed by atoms with E-state index in [9.17, 15) is 9.18 Å². The van der Waals surface area contributed by atoms with Gasteiger partial charge in [-0.3, -0.25) is 4.79 Å². The van der Waals surface area contributed by atoms with E-state index in [4.69, 9.17) is 32.5 Å². The van der Waals surface area contributed by atoms with Gasteiger partial charge in [-0.2, -0.15) is 4.98 Å². The van der Waals surface area contributed by atoms with Crippen LogP contribution >= 0.6 is 23.2 Å². The van der Waals surface area contributed by atoms with Crippen molar-refractivity contribution in [2.45, 2.75) is 59.5 Å². The van der Waals surface area contributed by atoms with E-state index in [2.05, 4.69) is 29.0 Å². The van der Waals surface area contributed by atoms with Crippen molar-refractivity contribution in [1.82, 2.24) is 19.5 Å². The highest BCUT2D eigenvalue weighted by Gasteiger charge is 2.20. The summed E-state index contributed by atoms with van der Waals surface area (Å²) >= 11 is 12.9. The molecular formula is C26H27Cl2FN4O3. The van der Waals surface area contributed by atoms with Crippen molar-refractivity contribution in [3.05, 3.63) is 57.6 Å². The van der Waals surface area contributed by atoms with Crippen LogP contribution in [0, 0.1) is 11.7 Å². The fourth-order valence-corrected chi connectivity index (χ4v) is 4.37. The number of carbonyl (C=O) groups excluding carboxylic acids is 1. The van der Waals surface area contributed by atoms with Crippen molar-refractivity contribution in [2.24, 2.45) is 5.92 Å². The molecule has 0 aliphatic carbocycles. The molecule has 0 radical (unpaired) electrons. The Morgan fingerprint density at radius 2 is 1.89 bits per heavy atom. The van der Waals surface area contributed by atoms with Gasteiger partial charge in [0.25, 0.3) is 5.89 Å². The molecule has 0 saturated heterocycles. The highest BCUT2D eigenvalue weighted by molar-refractivity contribution is 6.33. The minimum absolute atomic E-state index is 0.0333. The summed E-state index contributed by atoms with van der Waals surface area (Å²) in [7, 11) is 0. The molecule has 10 heteroatoms. The van der Waals surface area contributed by atoms with Gasteiger partial charge in [-0.15, -0.1) is 0 Å². The average molecular weight is 533 g/mol. The first-order valence-corrected chi connectivity index (χ1v) is 12.4. The van der Waals surface area contributed by atoms with Gasteiger partial charge in [-0.1, -0.05) is 42.2 Å². The van der Waals surface area contributed by atoms with Crippen LogP contribution in [-0.2, 0) is 22.4 Å². The smallest absolute Gasteiger partial charge is 0.306 e. The molecule has 0 fully saturated rings.